The van der Waals surface area contributed by atoms with Gasteiger partial charge in [0.15, 0.2) is 11.5 Å². The highest BCUT2D eigenvalue weighted by molar-refractivity contribution is 5.94. The van der Waals surface area contributed by atoms with Gasteiger partial charge in [-0.15, -0.1) is 0 Å². The summed E-state index contributed by atoms with van der Waals surface area (Å²) in [5.41, 5.74) is 2.76. The van der Waals surface area contributed by atoms with Gasteiger partial charge in [0.1, 0.15) is 6.33 Å². The zero-order valence-corrected chi connectivity index (χ0v) is 18.8. The number of aromatic nitrogens is 2. The maximum absolute atomic E-state index is 12.9. The molecule has 1 aromatic heterocycles. The summed E-state index contributed by atoms with van der Waals surface area (Å²) in [6, 6.07) is 19.9. The van der Waals surface area contributed by atoms with Crippen LogP contribution in [0.4, 0.5) is 0 Å². The summed E-state index contributed by atoms with van der Waals surface area (Å²) >= 11 is 0. The lowest BCUT2D eigenvalue weighted by Gasteiger charge is -2.18. The van der Waals surface area contributed by atoms with Crippen molar-refractivity contribution in [2.75, 3.05) is 27.8 Å². The molecule has 0 bridgehead atoms. The third kappa shape index (κ3) is 4.57. The van der Waals surface area contributed by atoms with Gasteiger partial charge in [0.2, 0.25) is 0 Å². The molecule has 7 heteroatoms. The Morgan fingerprint density at radius 1 is 0.970 bits per heavy atom. The van der Waals surface area contributed by atoms with Crippen molar-refractivity contribution < 1.29 is 14.3 Å². The Morgan fingerprint density at radius 3 is 2.42 bits per heavy atom. The molecule has 7 nitrogen and oxygen atoms in total. The highest BCUT2D eigenvalue weighted by Crippen LogP contribution is 2.27. The van der Waals surface area contributed by atoms with E-state index in [0.717, 1.165) is 5.56 Å². The minimum absolute atomic E-state index is 0.0917. The fourth-order valence-corrected chi connectivity index (χ4v) is 3.67. The number of methoxy groups -OCH3 is 2. The Hall–Kier alpha value is -4.13. The third-order valence-corrected chi connectivity index (χ3v) is 5.59. The van der Waals surface area contributed by atoms with Crippen LogP contribution < -0.4 is 15.0 Å². The topological polar surface area (TPSA) is 73.7 Å². The van der Waals surface area contributed by atoms with Crippen LogP contribution in [-0.2, 0) is 6.42 Å². The first-order chi connectivity index (χ1) is 16.0. The molecule has 0 saturated heterocycles. The van der Waals surface area contributed by atoms with Gasteiger partial charge in [0.25, 0.3) is 11.5 Å². The van der Waals surface area contributed by atoms with Crippen molar-refractivity contribution in [3.63, 3.8) is 0 Å². The molecule has 4 aromatic rings. The van der Waals surface area contributed by atoms with Crippen molar-refractivity contribution in [1.82, 2.24) is 14.5 Å². The van der Waals surface area contributed by atoms with E-state index in [9.17, 15) is 9.59 Å². The average molecular weight is 444 g/mol. The number of hydrogen-bond acceptors (Lipinski definition) is 5. The minimum atomic E-state index is -0.147. The number of para-hydroxylation sites is 1. The van der Waals surface area contributed by atoms with Crippen LogP contribution in [0.3, 0.4) is 0 Å². The van der Waals surface area contributed by atoms with Crippen LogP contribution in [0.1, 0.15) is 15.9 Å². The van der Waals surface area contributed by atoms with Crippen LogP contribution in [0.5, 0.6) is 11.5 Å². The van der Waals surface area contributed by atoms with Crippen LogP contribution >= 0.6 is 0 Å². The first-order valence-electron chi connectivity index (χ1n) is 10.5. The Kier molecular flexibility index (Phi) is 6.40. The van der Waals surface area contributed by atoms with Gasteiger partial charge in [-0.1, -0.05) is 18.2 Å². The van der Waals surface area contributed by atoms with E-state index in [2.05, 4.69) is 4.98 Å². The number of likely N-dealkylation sites (N-methyl/N-ethyl adjacent to an activating group) is 1. The van der Waals surface area contributed by atoms with E-state index < -0.39 is 0 Å². The lowest BCUT2D eigenvalue weighted by atomic mass is 10.1. The van der Waals surface area contributed by atoms with Crippen LogP contribution in [-0.4, -0.2) is 48.2 Å². The zero-order chi connectivity index (χ0) is 23.4. The Labute approximate surface area is 191 Å². The van der Waals surface area contributed by atoms with E-state index in [0.29, 0.717) is 46.6 Å². The summed E-state index contributed by atoms with van der Waals surface area (Å²) in [6.45, 7) is 0.546. The summed E-state index contributed by atoms with van der Waals surface area (Å²) in [5.74, 6) is 1.25. The number of carbonyl (C=O) groups excluding carboxylic acids is 1. The van der Waals surface area contributed by atoms with Crippen LogP contribution in [0.15, 0.2) is 77.9 Å². The molecule has 0 aliphatic rings. The first kappa shape index (κ1) is 22.1. The number of rotatable bonds is 7. The molecule has 0 unspecified atom stereocenters. The molecule has 0 atom stereocenters. The second-order valence-electron chi connectivity index (χ2n) is 7.65. The molecule has 3 aromatic carbocycles. The minimum Gasteiger partial charge on any atom is -0.493 e. The molecule has 33 heavy (non-hydrogen) atoms. The summed E-state index contributed by atoms with van der Waals surface area (Å²) in [7, 11) is 4.97. The zero-order valence-electron chi connectivity index (χ0n) is 18.8. The van der Waals surface area contributed by atoms with Crippen molar-refractivity contribution >= 4 is 16.8 Å². The number of carbonyl (C=O) groups is 1. The maximum atomic E-state index is 12.9. The Bertz CT molecular complexity index is 1350. The third-order valence-electron chi connectivity index (χ3n) is 5.59. The molecule has 1 amide bonds. The second-order valence-corrected chi connectivity index (χ2v) is 7.65. The van der Waals surface area contributed by atoms with E-state index in [1.807, 2.05) is 30.3 Å². The number of amides is 1. The molecular formula is C26H25N3O4. The molecule has 0 spiro atoms. The van der Waals surface area contributed by atoms with Gasteiger partial charge in [-0.05, 0) is 60.5 Å². The monoisotopic (exact) mass is 443 g/mol. The van der Waals surface area contributed by atoms with E-state index in [1.165, 1.54) is 10.9 Å². The average Bonchev–Trinajstić information content (AvgIpc) is 2.87. The van der Waals surface area contributed by atoms with E-state index >= 15 is 0 Å². The highest BCUT2D eigenvalue weighted by atomic mass is 16.5. The van der Waals surface area contributed by atoms with Crippen LogP contribution in [0, 0.1) is 0 Å². The highest BCUT2D eigenvalue weighted by Gasteiger charge is 2.13. The van der Waals surface area contributed by atoms with Crippen molar-refractivity contribution in [2.45, 2.75) is 6.42 Å². The summed E-state index contributed by atoms with van der Waals surface area (Å²) in [4.78, 5) is 31.7. The number of ether oxygens (including phenoxy) is 2. The predicted octanol–water partition coefficient (Wildman–Crippen LogP) is 3.72. The van der Waals surface area contributed by atoms with Gasteiger partial charge in [-0.3, -0.25) is 14.2 Å². The molecule has 4 rings (SSSR count). The largest absolute Gasteiger partial charge is 0.493 e. The predicted molar refractivity (Wildman–Crippen MR) is 128 cm³/mol. The normalized spacial score (nSPS) is 10.8. The molecule has 1 heterocycles. The summed E-state index contributed by atoms with van der Waals surface area (Å²) in [6.07, 6.45) is 2.19. The number of benzene rings is 3. The van der Waals surface area contributed by atoms with Crippen LogP contribution in [0.2, 0.25) is 0 Å². The van der Waals surface area contributed by atoms with Gasteiger partial charge in [0, 0.05) is 19.2 Å². The maximum Gasteiger partial charge on any atom is 0.265 e. The molecule has 0 saturated carbocycles. The molecule has 168 valence electrons. The van der Waals surface area contributed by atoms with Crippen LogP contribution in [0.25, 0.3) is 16.6 Å². The lowest BCUT2D eigenvalue weighted by Crippen LogP contribution is -2.29. The van der Waals surface area contributed by atoms with E-state index in [1.54, 1.807) is 62.6 Å². The van der Waals surface area contributed by atoms with E-state index in [4.69, 9.17) is 9.47 Å². The smallest absolute Gasteiger partial charge is 0.265 e. The second kappa shape index (κ2) is 9.56. The Balaban J connectivity index is 1.46. The number of hydrogen-bond donors (Lipinski definition) is 0. The SMILES string of the molecule is COc1ccc(CCN(C)C(=O)c2ccc(-n3cnc4ccccc4c3=O)cc2)cc1OC. The molecule has 0 fully saturated rings. The van der Waals surface area contributed by atoms with Crippen molar-refractivity contribution in [1.29, 1.82) is 0 Å². The van der Waals surface area contributed by atoms with Crippen molar-refractivity contribution in [2.24, 2.45) is 0 Å². The molecule has 0 N–H and O–H groups in total. The van der Waals surface area contributed by atoms with Gasteiger partial charge >= 0.3 is 0 Å². The fraction of sp³-hybridized carbons (Fsp3) is 0.192. The fourth-order valence-electron chi connectivity index (χ4n) is 3.67. The molecule has 0 radical (unpaired) electrons. The van der Waals surface area contributed by atoms with Crippen molar-refractivity contribution in [3.05, 3.63) is 94.5 Å². The molecular weight excluding hydrogens is 418 g/mol. The standard InChI is InChI=1S/C26H25N3O4/c1-28(15-14-18-8-13-23(32-2)24(16-18)33-3)25(30)19-9-11-20(12-10-19)29-17-27-22-7-5-4-6-21(22)26(29)31/h4-13,16-17H,14-15H2,1-3H3. The van der Waals surface area contributed by atoms with E-state index in [-0.39, 0.29) is 11.5 Å². The van der Waals surface area contributed by atoms with Gasteiger partial charge in [-0.2, -0.15) is 0 Å². The van der Waals surface area contributed by atoms with Gasteiger partial charge in [0.05, 0.1) is 30.8 Å². The number of fused-ring (bicyclic) bond motifs is 1. The van der Waals surface area contributed by atoms with Crippen molar-refractivity contribution in [3.8, 4) is 17.2 Å². The number of nitrogens with zero attached hydrogens (tertiary/aromatic N) is 3. The summed E-state index contributed by atoms with van der Waals surface area (Å²) < 4.78 is 12.1. The summed E-state index contributed by atoms with van der Waals surface area (Å²) in [5, 5.41) is 0.551. The molecule has 0 aliphatic heterocycles. The first-order valence-corrected chi connectivity index (χ1v) is 10.5. The van der Waals surface area contributed by atoms with Gasteiger partial charge < -0.3 is 14.4 Å². The van der Waals surface area contributed by atoms with Gasteiger partial charge in [-0.25, -0.2) is 4.98 Å². The molecule has 0 aliphatic carbocycles. The Morgan fingerprint density at radius 2 is 1.70 bits per heavy atom. The lowest BCUT2D eigenvalue weighted by molar-refractivity contribution is 0.0796. The quantitative estimate of drug-likeness (QED) is 0.435.